The van der Waals surface area contributed by atoms with Crippen LogP contribution in [0.15, 0.2) is 36.7 Å². The van der Waals surface area contributed by atoms with Crippen molar-refractivity contribution in [2.24, 2.45) is 0 Å². The Morgan fingerprint density at radius 1 is 1.39 bits per heavy atom. The fourth-order valence-corrected chi connectivity index (χ4v) is 3.02. The minimum absolute atomic E-state index is 0.0849. The fourth-order valence-electron chi connectivity index (χ4n) is 3.02. The molecule has 1 atom stereocenters. The summed E-state index contributed by atoms with van der Waals surface area (Å²) in [5.41, 5.74) is 3.09. The monoisotopic (exact) mass is 313 g/mol. The van der Waals surface area contributed by atoms with E-state index in [4.69, 9.17) is 0 Å². The quantitative estimate of drug-likeness (QED) is 0.927. The highest BCUT2D eigenvalue weighted by molar-refractivity contribution is 5.89. The molecule has 1 aliphatic heterocycles. The fraction of sp³-hybridized carbons (Fsp3) is 0.412. The minimum Gasteiger partial charge on any atom is -0.372 e. The summed E-state index contributed by atoms with van der Waals surface area (Å²) in [5.74, 6) is 0. The molecule has 122 valence electrons. The molecule has 23 heavy (non-hydrogen) atoms. The van der Waals surface area contributed by atoms with E-state index < -0.39 is 0 Å². The van der Waals surface area contributed by atoms with Crippen molar-refractivity contribution in [2.75, 3.05) is 23.8 Å². The summed E-state index contributed by atoms with van der Waals surface area (Å²) in [6.07, 6.45) is 3.53. The number of para-hydroxylation sites is 1. The standard InChI is InChI=1S/C17H23N5O/c1-4-21-12-15(9-18-21)19-17(23)22-11-14-7-5-6-8-16(14)20(3)10-13(22)2/h5-9,12-13H,4,10-11H2,1-3H3,(H,19,23)/t13-/m0/s1. The molecule has 0 radical (unpaired) electrons. The molecule has 0 saturated heterocycles. The molecule has 6 heteroatoms. The molecule has 0 saturated carbocycles. The van der Waals surface area contributed by atoms with Crippen molar-refractivity contribution >= 4 is 17.4 Å². The summed E-state index contributed by atoms with van der Waals surface area (Å²) in [4.78, 5) is 16.8. The Balaban J connectivity index is 1.79. The van der Waals surface area contributed by atoms with Gasteiger partial charge in [-0.15, -0.1) is 0 Å². The molecule has 0 bridgehead atoms. The van der Waals surface area contributed by atoms with Gasteiger partial charge in [-0.25, -0.2) is 4.79 Å². The molecule has 2 heterocycles. The molecular weight excluding hydrogens is 290 g/mol. The molecular formula is C17H23N5O. The molecule has 1 aromatic heterocycles. The molecule has 0 spiro atoms. The van der Waals surface area contributed by atoms with Gasteiger partial charge >= 0.3 is 6.03 Å². The zero-order valence-electron chi connectivity index (χ0n) is 13.9. The number of nitrogens with one attached hydrogen (secondary N) is 1. The Morgan fingerprint density at radius 3 is 2.91 bits per heavy atom. The maximum atomic E-state index is 12.7. The second kappa shape index (κ2) is 6.32. The van der Waals surface area contributed by atoms with E-state index >= 15 is 0 Å². The Bertz CT molecular complexity index is 696. The van der Waals surface area contributed by atoms with E-state index in [1.54, 1.807) is 10.9 Å². The van der Waals surface area contributed by atoms with Gasteiger partial charge in [-0.2, -0.15) is 5.10 Å². The van der Waals surface area contributed by atoms with Gasteiger partial charge in [0.05, 0.1) is 11.9 Å². The second-order valence-electron chi connectivity index (χ2n) is 6.00. The summed E-state index contributed by atoms with van der Waals surface area (Å²) >= 11 is 0. The van der Waals surface area contributed by atoms with Crippen LogP contribution in [-0.4, -0.2) is 40.3 Å². The first-order chi connectivity index (χ1) is 11.1. The molecule has 1 N–H and O–H groups in total. The summed E-state index contributed by atoms with van der Waals surface area (Å²) < 4.78 is 1.80. The van der Waals surface area contributed by atoms with Crippen molar-refractivity contribution in [2.45, 2.75) is 33.0 Å². The number of benzene rings is 1. The number of likely N-dealkylation sites (N-methyl/N-ethyl adjacent to an activating group) is 1. The maximum Gasteiger partial charge on any atom is 0.322 e. The van der Waals surface area contributed by atoms with Crippen LogP contribution >= 0.6 is 0 Å². The van der Waals surface area contributed by atoms with E-state index in [0.717, 1.165) is 18.8 Å². The number of hydrogen-bond acceptors (Lipinski definition) is 3. The zero-order chi connectivity index (χ0) is 16.4. The smallest absolute Gasteiger partial charge is 0.322 e. The van der Waals surface area contributed by atoms with Gasteiger partial charge < -0.3 is 15.1 Å². The van der Waals surface area contributed by atoms with Crippen LogP contribution in [0.3, 0.4) is 0 Å². The van der Waals surface area contributed by atoms with Gasteiger partial charge in [0.1, 0.15) is 0 Å². The number of hydrogen-bond donors (Lipinski definition) is 1. The SMILES string of the molecule is CCn1cc(NC(=O)N2Cc3ccccc3N(C)C[C@@H]2C)cn1. The normalized spacial score (nSPS) is 17.6. The van der Waals surface area contributed by atoms with Crippen LogP contribution in [-0.2, 0) is 13.1 Å². The van der Waals surface area contributed by atoms with Crippen molar-refractivity contribution < 1.29 is 4.79 Å². The average Bonchev–Trinajstić information content (AvgIpc) is 2.95. The van der Waals surface area contributed by atoms with Gasteiger partial charge in [0.15, 0.2) is 0 Å². The Kier molecular flexibility index (Phi) is 4.23. The van der Waals surface area contributed by atoms with Gasteiger partial charge in [0, 0.05) is 44.6 Å². The van der Waals surface area contributed by atoms with Crippen molar-refractivity contribution in [1.29, 1.82) is 0 Å². The lowest BCUT2D eigenvalue weighted by atomic mass is 10.1. The highest BCUT2D eigenvalue weighted by Gasteiger charge is 2.27. The summed E-state index contributed by atoms with van der Waals surface area (Å²) in [7, 11) is 2.07. The van der Waals surface area contributed by atoms with Gasteiger partial charge in [0.2, 0.25) is 0 Å². The van der Waals surface area contributed by atoms with Crippen LogP contribution in [0, 0.1) is 0 Å². The molecule has 2 amide bonds. The number of carbonyl (C=O) groups excluding carboxylic acids is 1. The molecule has 1 aliphatic rings. The van der Waals surface area contributed by atoms with Gasteiger partial charge in [-0.05, 0) is 25.5 Å². The second-order valence-corrected chi connectivity index (χ2v) is 6.00. The Labute approximate surface area is 136 Å². The molecule has 0 aliphatic carbocycles. The first-order valence-electron chi connectivity index (χ1n) is 7.97. The van der Waals surface area contributed by atoms with Crippen LogP contribution < -0.4 is 10.2 Å². The Morgan fingerprint density at radius 2 is 2.17 bits per heavy atom. The third-order valence-electron chi connectivity index (χ3n) is 4.28. The van der Waals surface area contributed by atoms with Crippen LogP contribution in [0.4, 0.5) is 16.2 Å². The largest absolute Gasteiger partial charge is 0.372 e. The van der Waals surface area contributed by atoms with Crippen LogP contribution in [0.25, 0.3) is 0 Å². The minimum atomic E-state index is -0.0849. The molecule has 0 fully saturated rings. The van der Waals surface area contributed by atoms with Crippen LogP contribution in [0.2, 0.25) is 0 Å². The van der Waals surface area contributed by atoms with Crippen molar-refractivity contribution in [3.8, 4) is 0 Å². The Hall–Kier alpha value is -2.50. The number of anilines is 2. The van der Waals surface area contributed by atoms with Crippen molar-refractivity contribution in [3.63, 3.8) is 0 Å². The van der Waals surface area contributed by atoms with Gasteiger partial charge in [0.25, 0.3) is 0 Å². The third kappa shape index (κ3) is 3.16. The van der Waals surface area contributed by atoms with E-state index in [9.17, 15) is 4.79 Å². The lowest BCUT2D eigenvalue weighted by molar-refractivity contribution is 0.192. The number of amides is 2. The molecule has 6 nitrogen and oxygen atoms in total. The number of aryl methyl sites for hydroxylation is 1. The zero-order valence-corrected chi connectivity index (χ0v) is 13.9. The van der Waals surface area contributed by atoms with Crippen LogP contribution in [0.5, 0.6) is 0 Å². The van der Waals surface area contributed by atoms with Crippen molar-refractivity contribution in [1.82, 2.24) is 14.7 Å². The van der Waals surface area contributed by atoms with Crippen molar-refractivity contribution in [3.05, 3.63) is 42.2 Å². The molecule has 2 aromatic rings. The van der Waals surface area contributed by atoms with E-state index in [1.165, 1.54) is 11.3 Å². The lowest BCUT2D eigenvalue weighted by Gasteiger charge is -2.28. The molecule has 3 rings (SSSR count). The summed E-state index contributed by atoms with van der Waals surface area (Å²) in [5, 5.41) is 7.15. The predicted octanol–water partition coefficient (Wildman–Crippen LogP) is 2.78. The van der Waals surface area contributed by atoms with Gasteiger partial charge in [-0.3, -0.25) is 4.68 Å². The summed E-state index contributed by atoms with van der Waals surface area (Å²) in [6, 6.07) is 8.28. The number of rotatable bonds is 2. The first kappa shape index (κ1) is 15.4. The molecule has 0 unspecified atom stereocenters. The maximum absolute atomic E-state index is 12.7. The number of nitrogens with zero attached hydrogens (tertiary/aromatic N) is 4. The topological polar surface area (TPSA) is 53.4 Å². The van der Waals surface area contributed by atoms with E-state index in [0.29, 0.717) is 6.54 Å². The highest BCUT2D eigenvalue weighted by atomic mass is 16.2. The predicted molar refractivity (Wildman–Crippen MR) is 91.6 cm³/mol. The number of fused-ring (bicyclic) bond motifs is 1. The van der Waals surface area contributed by atoms with Crippen LogP contribution in [0.1, 0.15) is 19.4 Å². The van der Waals surface area contributed by atoms with Gasteiger partial charge in [-0.1, -0.05) is 18.2 Å². The van der Waals surface area contributed by atoms with E-state index in [1.807, 2.05) is 30.2 Å². The average molecular weight is 313 g/mol. The highest BCUT2D eigenvalue weighted by Crippen LogP contribution is 2.26. The summed E-state index contributed by atoms with van der Waals surface area (Å²) in [6.45, 7) is 6.29. The number of aromatic nitrogens is 2. The molecule has 1 aromatic carbocycles. The lowest BCUT2D eigenvalue weighted by Crippen LogP contribution is -2.44. The number of carbonyl (C=O) groups is 1. The third-order valence-corrected chi connectivity index (χ3v) is 4.28. The first-order valence-corrected chi connectivity index (χ1v) is 7.97. The van der Waals surface area contributed by atoms with E-state index in [-0.39, 0.29) is 12.1 Å². The number of urea groups is 1. The van der Waals surface area contributed by atoms with E-state index in [2.05, 4.69) is 41.4 Å².